The molecule has 0 amide bonds. The average Bonchev–Trinajstić information content (AvgIpc) is 3.26. The van der Waals surface area contributed by atoms with Crippen molar-refractivity contribution < 1.29 is 9.84 Å². The highest BCUT2D eigenvalue weighted by Gasteiger charge is 2.56. The Morgan fingerprint density at radius 2 is 2.04 bits per heavy atom. The lowest BCUT2D eigenvalue weighted by Crippen LogP contribution is -2.50. The van der Waals surface area contributed by atoms with Crippen LogP contribution in [0.1, 0.15) is 30.5 Å². The first-order valence-corrected chi connectivity index (χ1v) is 9.84. The van der Waals surface area contributed by atoms with Gasteiger partial charge < -0.3 is 15.2 Å². The van der Waals surface area contributed by atoms with Crippen LogP contribution in [0.4, 0.5) is 0 Å². The molecule has 27 heavy (non-hydrogen) atoms. The van der Waals surface area contributed by atoms with E-state index in [-0.39, 0.29) is 18.2 Å². The summed E-state index contributed by atoms with van der Waals surface area (Å²) in [6, 6.07) is 14.8. The van der Waals surface area contributed by atoms with Crippen molar-refractivity contribution in [1.82, 2.24) is 15.2 Å². The van der Waals surface area contributed by atoms with Crippen molar-refractivity contribution in [3.63, 3.8) is 0 Å². The second-order valence-corrected chi connectivity index (χ2v) is 7.84. The van der Waals surface area contributed by atoms with Crippen LogP contribution in [0.2, 0.25) is 0 Å². The van der Waals surface area contributed by atoms with Crippen LogP contribution < -0.4 is 10.1 Å². The first kappa shape index (κ1) is 18.4. The first-order valence-electron chi connectivity index (χ1n) is 9.84. The number of nitrogens with one attached hydrogen (secondary N) is 1. The SMILES string of the molecule is CC[C@@]1(CO)N[C@H](c2cccnc2OC)[C@@H]2CN(Cc3ccccc3)C[C@@H]21. The van der Waals surface area contributed by atoms with E-state index in [1.807, 2.05) is 6.07 Å². The van der Waals surface area contributed by atoms with E-state index in [2.05, 4.69) is 58.5 Å². The van der Waals surface area contributed by atoms with Crippen LogP contribution in [0.5, 0.6) is 5.88 Å². The Kier molecular flexibility index (Phi) is 5.17. The number of hydrogen-bond acceptors (Lipinski definition) is 5. The summed E-state index contributed by atoms with van der Waals surface area (Å²) in [5.41, 5.74) is 2.19. The van der Waals surface area contributed by atoms with E-state index in [1.165, 1.54) is 5.56 Å². The molecule has 1 aromatic heterocycles. The van der Waals surface area contributed by atoms with Crippen molar-refractivity contribution in [1.29, 1.82) is 0 Å². The number of benzene rings is 1. The highest BCUT2D eigenvalue weighted by atomic mass is 16.5. The largest absolute Gasteiger partial charge is 0.481 e. The molecule has 3 heterocycles. The Labute approximate surface area is 161 Å². The van der Waals surface area contributed by atoms with E-state index in [4.69, 9.17) is 4.74 Å². The molecular weight excluding hydrogens is 338 g/mol. The molecule has 0 radical (unpaired) electrons. The highest BCUT2D eigenvalue weighted by Crippen LogP contribution is 2.49. The topological polar surface area (TPSA) is 57.6 Å². The van der Waals surface area contributed by atoms with Crippen molar-refractivity contribution in [2.45, 2.75) is 31.5 Å². The molecule has 144 valence electrons. The van der Waals surface area contributed by atoms with Crippen molar-refractivity contribution in [3.8, 4) is 5.88 Å². The van der Waals surface area contributed by atoms with Gasteiger partial charge >= 0.3 is 0 Å². The van der Waals surface area contributed by atoms with Gasteiger partial charge in [0.15, 0.2) is 0 Å². The van der Waals surface area contributed by atoms with Crippen LogP contribution >= 0.6 is 0 Å². The Balaban J connectivity index is 1.63. The summed E-state index contributed by atoms with van der Waals surface area (Å²) >= 11 is 0. The monoisotopic (exact) mass is 367 g/mol. The van der Waals surface area contributed by atoms with E-state index < -0.39 is 0 Å². The molecule has 0 bridgehead atoms. The molecule has 2 aliphatic heterocycles. The maximum absolute atomic E-state index is 10.3. The molecule has 5 heteroatoms. The van der Waals surface area contributed by atoms with Gasteiger partial charge in [0.2, 0.25) is 5.88 Å². The molecule has 5 nitrogen and oxygen atoms in total. The Morgan fingerprint density at radius 3 is 2.74 bits per heavy atom. The predicted molar refractivity (Wildman–Crippen MR) is 105 cm³/mol. The molecule has 2 fully saturated rings. The maximum atomic E-state index is 10.3. The quantitative estimate of drug-likeness (QED) is 0.822. The van der Waals surface area contributed by atoms with E-state index in [1.54, 1.807) is 13.3 Å². The Morgan fingerprint density at radius 1 is 1.22 bits per heavy atom. The van der Waals surface area contributed by atoms with E-state index in [0.717, 1.165) is 31.6 Å². The van der Waals surface area contributed by atoms with Gasteiger partial charge in [-0.25, -0.2) is 4.98 Å². The number of hydrogen-bond donors (Lipinski definition) is 2. The van der Waals surface area contributed by atoms with Crippen molar-refractivity contribution >= 4 is 0 Å². The Hall–Kier alpha value is -1.95. The number of aliphatic hydroxyl groups is 1. The second kappa shape index (κ2) is 7.58. The summed E-state index contributed by atoms with van der Waals surface area (Å²) in [7, 11) is 1.67. The zero-order valence-corrected chi connectivity index (χ0v) is 16.1. The molecule has 2 aliphatic rings. The molecule has 0 unspecified atom stereocenters. The third-order valence-corrected chi connectivity index (χ3v) is 6.51. The van der Waals surface area contributed by atoms with E-state index in [9.17, 15) is 5.11 Å². The Bertz CT molecular complexity index is 763. The van der Waals surface area contributed by atoms with Gasteiger partial charge in [-0.15, -0.1) is 0 Å². The van der Waals surface area contributed by atoms with Gasteiger partial charge in [0, 0.05) is 43.0 Å². The number of pyridine rings is 1. The number of aromatic nitrogens is 1. The summed E-state index contributed by atoms with van der Waals surface area (Å²) in [6.07, 6.45) is 2.67. The maximum Gasteiger partial charge on any atom is 0.217 e. The minimum Gasteiger partial charge on any atom is -0.481 e. The summed E-state index contributed by atoms with van der Waals surface area (Å²) in [5.74, 6) is 1.52. The highest BCUT2D eigenvalue weighted by molar-refractivity contribution is 5.33. The van der Waals surface area contributed by atoms with Crippen LogP contribution in [0, 0.1) is 11.8 Å². The summed E-state index contributed by atoms with van der Waals surface area (Å²) in [5, 5.41) is 14.1. The standard InChI is InChI=1S/C22H29N3O2/c1-3-22(15-26)19-14-25(12-16-8-5-4-6-9-16)13-18(19)20(24-22)17-10-7-11-23-21(17)27-2/h4-11,18-20,24,26H,3,12-15H2,1-2H3/t18-,19+,20-,22+/m1/s1. The minimum absolute atomic E-state index is 0.145. The van der Waals surface area contributed by atoms with Crippen LogP contribution in [-0.4, -0.2) is 47.3 Å². The lowest BCUT2D eigenvalue weighted by molar-refractivity contribution is 0.122. The first-order chi connectivity index (χ1) is 13.2. The number of nitrogens with zero attached hydrogens (tertiary/aromatic N) is 2. The van der Waals surface area contributed by atoms with Crippen LogP contribution in [-0.2, 0) is 6.54 Å². The minimum atomic E-state index is -0.248. The number of rotatable bonds is 6. The third-order valence-electron chi connectivity index (χ3n) is 6.51. The molecule has 2 aromatic rings. The summed E-state index contributed by atoms with van der Waals surface area (Å²) < 4.78 is 5.54. The molecule has 0 saturated carbocycles. The lowest BCUT2D eigenvalue weighted by Gasteiger charge is -2.33. The summed E-state index contributed by atoms with van der Waals surface area (Å²) in [4.78, 5) is 6.93. The van der Waals surface area contributed by atoms with Gasteiger partial charge in [-0.3, -0.25) is 4.90 Å². The number of likely N-dealkylation sites (tertiary alicyclic amines) is 1. The average molecular weight is 367 g/mol. The third kappa shape index (κ3) is 3.24. The van der Waals surface area contributed by atoms with Gasteiger partial charge in [0.05, 0.1) is 13.7 Å². The number of ether oxygens (including phenoxy) is 1. The predicted octanol–water partition coefficient (Wildman–Crippen LogP) is 2.62. The van der Waals surface area contributed by atoms with Gasteiger partial charge in [-0.2, -0.15) is 0 Å². The molecule has 4 atom stereocenters. The van der Waals surface area contributed by atoms with Crippen LogP contribution in [0.15, 0.2) is 48.7 Å². The van der Waals surface area contributed by atoms with Gasteiger partial charge in [-0.1, -0.05) is 43.3 Å². The molecule has 1 aromatic carbocycles. The fourth-order valence-corrected chi connectivity index (χ4v) is 5.09. The van der Waals surface area contributed by atoms with E-state index >= 15 is 0 Å². The summed E-state index contributed by atoms with van der Waals surface area (Å²) in [6.45, 7) is 5.29. The zero-order chi connectivity index (χ0) is 18.9. The van der Waals surface area contributed by atoms with Crippen molar-refractivity contribution in [3.05, 3.63) is 59.8 Å². The van der Waals surface area contributed by atoms with Crippen LogP contribution in [0.25, 0.3) is 0 Å². The van der Waals surface area contributed by atoms with E-state index in [0.29, 0.717) is 17.7 Å². The van der Waals surface area contributed by atoms with Gasteiger partial charge in [0.25, 0.3) is 0 Å². The number of fused-ring (bicyclic) bond motifs is 1. The van der Waals surface area contributed by atoms with Gasteiger partial charge in [-0.05, 0) is 29.9 Å². The van der Waals surface area contributed by atoms with Gasteiger partial charge in [0.1, 0.15) is 0 Å². The molecule has 2 N–H and O–H groups in total. The fourth-order valence-electron chi connectivity index (χ4n) is 5.09. The lowest BCUT2D eigenvalue weighted by atomic mass is 9.79. The second-order valence-electron chi connectivity index (χ2n) is 7.84. The van der Waals surface area contributed by atoms with Crippen molar-refractivity contribution in [2.75, 3.05) is 26.8 Å². The van der Waals surface area contributed by atoms with Crippen LogP contribution in [0.3, 0.4) is 0 Å². The molecule has 0 spiro atoms. The van der Waals surface area contributed by atoms with Crippen molar-refractivity contribution in [2.24, 2.45) is 11.8 Å². The zero-order valence-electron chi connectivity index (χ0n) is 16.1. The number of methoxy groups -OCH3 is 1. The fraction of sp³-hybridized carbons (Fsp3) is 0.500. The molecule has 2 saturated heterocycles. The molecule has 4 rings (SSSR count). The molecular formula is C22H29N3O2. The normalized spacial score (nSPS) is 30.4. The molecule has 0 aliphatic carbocycles. The number of aliphatic hydroxyl groups excluding tert-OH is 1. The smallest absolute Gasteiger partial charge is 0.217 e.